The second kappa shape index (κ2) is 8.26. The molecule has 0 radical (unpaired) electrons. The van der Waals surface area contributed by atoms with Crippen LogP contribution in [0.25, 0.3) is 0 Å². The fourth-order valence-corrected chi connectivity index (χ4v) is 4.06. The van der Waals surface area contributed by atoms with E-state index in [2.05, 4.69) is 23.7 Å². The number of urea groups is 1. The van der Waals surface area contributed by atoms with E-state index in [-0.39, 0.29) is 18.5 Å². The van der Waals surface area contributed by atoms with Gasteiger partial charge in [-0.05, 0) is 37.3 Å². The van der Waals surface area contributed by atoms with Gasteiger partial charge in [0.05, 0.1) is 5.69 Å². The molecule has 1 aromatic rings. The van der Waals surface area contributed by atoms with Crippen LogP contribution < -0.4 is 5.73 Å². The highest BCUT2D eigenvalue weighted by Crippen LogP contribution is 2.37. The summed E-state index contributed by atoms with van der Waals surface area (Å²) in [5.41, 5.74) is 5.40. The number of pyridine rings is 1. The molecule has 1 spiro atoms. The summed E-state index contributed by atoms with van der Waals surface area (Å²) in [5.74, 6) is -0.540. The van der Waals surface area contributed by atoms with Crippen LogP contribution in [0.1, 0.15) is 38.8 Å². The van der Waals surface area contributed by atoms with E-state index in [0.717, 1.165) is 23.6 Å². The molecule has 0 aromatic carbocycles. The molecule has 0 atom stereocenters. The molecule has 28 heavy (non-hydrogen) atoms. The standard InChI is InChI=1S/C20H29N5O3/c1-15(2)6-10-25-19(28)24(14-17(21)26)18(27)20(25)7-11-23(12-8-20)13-16-5-3-4-9-22-16/h3-5,9,15H,6-8,10-14H2,1-2H3,(H2,21,26). The summed E-state index contributed by atoms with van der Waals surface area (Å²) in [6, 6.07) is 5.44. The molecule has 0 unspecified atom stereocenters. The van der Waals surface area contributed by atoms with Gasteiger partial charge in [-0.25, -0.2) is 4.79 Å². The zero-order valence-electron chi connectivity index (χ0n) is 16.6. The van der Waals surface area contributed by atoms with Crippen LogP contribution in [-0.4, -0.2) is 69.2 Å². The minimum atomic E-state index is -0.859. The maximum absolute atomic E-state index is 13.2. The molecule has 3 rings (SSSR count). The maximum Gasteiger partial charge on any atom is 0.328 e. The normalized spacial score (nSPS) is 19.8. The van der Waals surface area contributed by atoms with Gasteiger partial charge in [0.2, 0.25) is 5.91 Å². The SMILES string of the molecule is CC(C)CCN1C(=O)N(CC(N)=O)C(=O)C12CCN(Cc1ccccn1)CC2. The van der Waals surface area contributed by atoms with Gasteiger partial charge in [-0.2, -0.15) is 0 Å². The highest BCUT2D eigenvalue weighted by Gasteiger charge is 2.57. The van der Waals surface area contributed by atoms with E-state index in [1.54, 1.807) is 11.1 Å². The molecule has 4 amide bonds. The molecule has 2 aliphatic rings. The molecule has 1 aromatic heterocycles. The van der Waals surface area contributed by atoms with Crippen molar-refractivity contribution in [1.29, 1.82) is 0 Å². The lowest BCUT2D eigenvalue weighted by Gasteiger charge is -2.42. The van der Waals surface area contributed by atoms with Crippen molar-refractivity contribution >= 4 is 17.8 Å². The second-order valence-electron chi connectivity index (χ2n) is 8.10. The number of amides is 4. The quantitative estimate of drug-likeness (QED) is 0.709. The predicted molar refractivity (Wildman–Crippen MR) is 104 cm³/mol. The Hall–Kier alpha value is -2.48. The molecule has 0 saturated carbocycles. The van der Waals surface area contributed by atoms with Crippen LogP contribution in [0, 0.1) is 5.92 Å². The van der Waals surface area contributed by atoms with Crippen molar-refractivity contribution in [3.8, 4) is 0 Å². The summed E-state index contributed by atoms with van der Waals surface area (Å²) in [6.07, 6.45) is 3.69. The van der Waals surface area contributed by atoms with Gasteiger partial charge in [-0.3, -0.25) is 24.4 Å². The van der Waals surface area contributed by atoms with Crippen LogP contribution in [0.4, 0.5) is 4.79 Å². The Morgan fingerprint density at radius 1 is 1.25 bits per heavy atom. The van der Waals surface area contributed by atoms with Gasteiger partial charge in [0.1, 0.15) is 12.1 Å². The monoisotopic (exact) mass is 387 g/mol. The fraction of sp³-hybridized carbons (Fsp3) is 0.600. The van der Waals surface area contributed by atoms with Crippen molar-refractivity contribution in [3.63, 3.8) is 0 Å². The number of imide groups is 1. The second-order valence-corrected chi connectivity index (χ2v) is 8.10. The Morgan fingerprint density at radius 3 is 2.54 bits per heavy atom. The zero-order chi connectivity index (χ0) is 20.3. The van der Waals surface area contributed by atoms with Crippen molar-refractivity contribution in [1.82, 2.24) is 19.7 Å². The largest absolute Gasteiger partial charge is 0.368 e. The third-order valence-corrected chi connectivity index (χ3v) is 5.66. The maximum atomic E-state index is 13.2. The Balaban J connectivity index is 1.75. The number of hydrogen-bond donors (Lipinski definition) is 1. The molecule has 8 heteroatoms. The number of carbonyl (C=O) groups excluding carboxylic acids is 3. The number of likely N-dealkylation sites (tertiary alicyclic amines) is 1. The number of nitrogens with zero attached hydrogens (tertiary/aromatic N) is 4. The molecule has 3 heterocycles. The highest BCUT2D eigenvalue weighted by molar-refractivity contribution is 6.09. The highest BCUT2D eigenvalue weighted by atomic mass is 16.2. The average molecular weight is 387 g/mol. The summed E-state index contributed by atoms with van der Waals surface area (Å²) in [7, 11) is 0. The number of rotatable bonds is 7. The molecule has 0 aliphatic carbocycles. The fourth-order valence-electron chi connectivity index (χ4n) is 4.06. The molecule has 8 nitrogen and oxygen atoms in total. The first kappa shape index (κ1) is 20.3. The third kappa shape index (κ3) is 4.01. The van der Waals surface area contributed by atoms with Gasteiger partial charge in [0, 0.05) is 32.4 Å². The van der Waals surface area contributed by atoms with E-state index in [1.807, 2.05) is 18.2 Å². The molecular formula is C20H29N5O3. The van der Waals surface area contributed by atoms with Crippen molar-refractivity contribution in [2.45, 2.75) is 45.2 Å². The summed E-state index contributed by atoms with van der Waals surface area (Å²) in [4.78, 5) is 46.8. The minimum absolute atomic E-state index is 0.280. The van der Waals surface area contributed by atoms with Crippen molar-refractivity contribution in [3.05, 3.63) is 30.1 Å². The molecule has 2 aliphatic heterocycles. The number of piperidine rings is 1. The summed E-state index contributed by atoms with van der Waals surface area (Å²) in [5, 5.41) is 0. The van der Waals surface area contributed by atoms with E-state index in [4.69, 9.17) is 5.73 Å². The lowest BCUT2D eigenvalue weighted by atomic mass is 9.85. The lowest BCUT2D eigenvalue weighted by molar-refractivity contribution is -0.137. The summed E-state index contributed by atoms with van der Waals surface area (Å²) < 4.78 is 0. The van der Waals surface area contributed by atoms with Gasteiger partial charge in [0.25, 0.3) is 5.91 Å². The molecule has 2 N–H and O–H groups in total. The van der Waals surface area contributed by atoms with Gasteiger partial charge in [-0.15, -0.1) is 0 Å². The number of primary amides is 1. The molecule has 2 saturated heterocycles. The lowest BCUT2D eigenvalue weighted by Crippen LogP contribution is -2.56. The van der Waals surface area contributed by atoms with Crippen LogP contribution in [0.5, 0.6) is 0 Å². The Labute approximate surface area is 165 Å². The van der Waals surface area contributed by atoms with E-state index in [0.29, 0.717) is 38.4 Å². The van der Waals surface area contributed by atoms with E-state index < -0.39 is 11.4 Å². The number of carbonyl (C=O) groups is 3. The zero-order valence-corrected chi connectivity index (χ0v) is 16.6. The number of hydrogen-bond acceptors (Lipinski definition) is 5. The molecule has 152 valence electrons. The Morgan fingerprint density at radius 2 is 1.96 bits per heavy atom. The topological polar surface area (TPSA) is 99.8 Å². The number of nitrogens with two attached hydrogens (primary N) is 1. The van der Waals surface area contributed by atoms with Crippen LogP contribution in [0.2, 0.25) is 0 Å². The summed E-state index contributed by atoms with van der Waals surface area (Å²) in [6.45, 7) is 6.44. The van der Waals surface area contributed by atoms with Gasteiger partial charge in [0.15, 0.2) is 0 Å². The molecule has 2 fully saturated rings. The molecule has 0 bridgehead atoms. The Bertz CT molecular complexity index is 729. The van der Waals surface area contributed by atoms with E-state index in [1.165, 1.54) is 0 Å². The van der Waals surface area contributed by atoms with Crippen LogP contribution in [0.3, 0.4) is 0 Å². The Kier molecular flexibility index (Phi) is 5.98. The van der Waals surface area contributed by atoms with Gasteiger partial charge in [-0.1, -0.05) is 19.9 Å². The van der Waals surface area contributed by atoms with Crippen molar-refractivity contribution in [2.24, 2.45) is 11.7 Å². The minimum Gasteiger partial charge on any atom is -0.368 e. The smallest absolute Gasteiger partial charge is 0.328 e. The number of aromatic nitrogens is 1. The average Bonchev–Trinajstić information content (AvgIpc) is 2.84. The van der Waals surface area contributed by atoms with Gasteiger partial charge < -0.3 is 10.6 Å². The van der Waals surface area contributed by atoms with E-state index >= 15 is 0 Å². The van der Waals surface area contributed by atoms with Gasteiger partial charge >= 0.3 is 6.03 Å². The third-order valence-electron chi connectivity index (χ3n) is 5.66. The van der Waals surface area contributed by atoms with Crippen molar-refractivity contribution in [2.75, 3.05) is 26.2 Å². The van der Waals surface area contributed by atoms with Crippen molar-refractivity contribution < 1.29 is 14.4 Å². The predicted octanol–water partition coefficient (Wildman–Crippen LogP) is 1.21. The first-order chi connectivity index (χ1) is 13.3. The first-order valence-electron chi connectivity index (χ1n) is 9.87. The summed E-state index contributed by atoms with van der Waals surface area (Å²) >= 11 is 0. The van der Waals surface area contributed by atoms with Crippen LogP contribution in [-0.2, 0) is 16.1 Å². The van der Waals surface area contributed by atoms with Crippen LogP contribution in [0.15, 0.2) is 24.4 Å². The first-order valence-corrected chi connectivity index (χ1v) is 9.87. The van der Waals surface area contributed by atoms with Crippen LogP contribution >= 0.6 is 0 Å². The van der Waals surface area contributed by atoms with E-state index in [9.17, 15) is 14.4 Å². The molecular weight excluding hydrogens is 358 g/mol.